The highest BCUT2D eigenvalue weighted by Gasteiger charge is 2.14. The molecule has 1 rings (SSSR count). The van der Waals surface area contributed by atoms with Crippen molar-refractivity contribution < 1.29 is 8.78 Å². The summed E-state index contributed by atoms with van der Waals surface area (Å²) in [5.41, 5.74) is 0.525. The lowest BCUT2D eigenvalue weighted by Gasteiger charge is -2.21. The smallest absolute Gasteiger partial charge is 0.130 e. The molecule has 1 aromatic rings. The Morgan fingerprint density at radius 2 is 1.74 bits per heavy atom. The Kier molecular flexibility index (Phi) is 6.43. The van der Waals surface area contributed by atoms with E-state index in [4.69, 9.17) is 0 Å². The third-order valence-electron chi connectivity index (χ3n) is 3.38. The molecule has 0 heterocycles. The van der Waals surface area contributed by atoms with Crippen LogP contribution in [0.4, 0.5) is 8.78 Å². The van der Waals surface area contributed by atoms with Crippen LogP contribution in [0.15, 0.2) is 18.2 Å². The van der Waals surface area contributed by atoms with Crippen LogP contribution in [0.3, 0.4) is 0 Å². The highest BCUT2D eigenvalue weighted by Crippen LogP contribution is 2.19. The van der Waals surface area contributed by atoms with Crippen molar-refractivity contribution in [1.29, 1.82) is 0 Å². The zero-order valence-electron chi connectivity index (χ0n) is 12.3. The number of nitrogens with one attached hydrogen (secondary N) is 1. The van der Waals surface area contributed by atoms with Crippen molar-refractivity contribution >= 4 is 0 Å². The minimum absolute atomic E-state index is 0.102. The lowest BCUT2D eigenvalue weighted by Crippen LogP contribution is -2.29. The zero-order valence-corrected chi connectivity index (χ0v) is 12.3. The van der Waals surface area contributed by atoms with Crippen molar-refractivity contribution in [1.82, 2.24) is 5.32 Å². The molecule has 0 aliphatic rings. The third-order valence-corrected chi connectivity index (χ3v) is 3.38. The monoisotopic (exact) mass is 269 g/mol. The first-order valence-electron chi connectivity index (χ1n) is 7.11. The topological polar surface area (TPSA) is 12.0 Å². The second kappa shape index (κ2) is 7.59. The summed E-state index contributed by atoms with van der Waals surface area (Å²) in [4.78, 5) is 0. The summed E-state index contributed by atoms with van der Waals surface area (Å²) in [6.45, 7) is 8.46. The Balaban J connectivity index is 2.47. The molecule has 0 saturated heterocycles. The molecule has 3 heteroatoms. The van der Waals surface area contributed by atoms with Gasteiger partial charge >= 0.3 is 0 Å². The first-order chi connectivity index (χ1) is 8.90. The number of halogens is 2. The number of hydrogen-bond donors (Lipinski definition) is 1. The Morgan fingerprint density at radius 1 is 1.05 bits per heavy atom. The van der Waals surface area contributed by atoms with Crippen LogP contribution in [0.1, 0.15) is 58.6 Å². The van der Waals surface area contributed by atoms with Crippen molar-refractivity contribution in [3.8, 4) is 0 Å². The average molecular weight is 269 g/mol. The van der Waals surface area contributed by atoms with E-state index < -0.39 is 11.6 Å². The third kappa shape index (κ3) is 5.68. The summed E-state index contributed by atoms with van der Waals surface area (Å²) in [5.74, 6) is -0.285. The highest BCUT2D eigenvalue weighted by atomic mass is 19.1. The van der Waals surface area contributed by atoms with Gasteiger partial charge in [-0.05, 0) is 32.3 Å². The Hall–Kier alpha value is -0.960. The molecule has 2 unspecified atom stereocenters. The molecule has 0 bridgehead atoms. The van der Waals surface area contributed by atoms with Crippen LogP contribution in [-0.4, -0.2) is 6.04 Å². The van der Waals surface area contributed by atoms with E-state index in [-0.39, 0.29) is 6.04 Å². The van der Waals surface area contributed by atoms with Gasteiger partial charge in [-0.1, -0.05) is 32.8 Å². The summed E-state index contributed by atoms with van der Waals surface area (Å²) in [6, 6.07) is 3.99. The predicted molar refractivity (Wildman–Crippen MR) is 76.1 cm³/mol. The number of benzene rings is 1. The maximum Gasteiger partial charge on any atom is 0.130 e. The molecule has 0 amide bonds. The maximum atomic E-state index is 13.6. The molecule has 0 radical (unpaired) electrons. The van der Waals surface area contributed by atoms with Gasteiger partial charge < -0.3 is 5.32 Å². The van der Waals surface area contributed by atoms with Gasteiger partial charge in [-0.3, -0.25) is 0 Å². The standard InChI is InChI=1S/C16H25F2N/c1-11(2)6-5-7-12(3)19-13(4)15-9-8-14(17)10-16(15)18/h8-13,19H,5-7H2,1-4H3. The summed E-state index contributed by atoms with van der Waals surface area (Å²) >= 11 is 0. The van der Waals surface area contributed by atoms with Gasteiger partial charge in [-0.2, -0.15) is 0 Å². The average Bonchev–Trinajstić information content (AvgIpc) is 2.27. The second-order valence-corrected chi connectivity index (χ2v) is 5.78. The zero-order chi connectivity index (χ0) is 14.4. The minimum Gasteiger partial charge on any atom is -0.308 e. The van der Waals surface area contributed by atoms with Crippen molar-refractivity contribution in [2.45, 2.75) is 59.0 Å². The summed E-state index contributed by atoms with van der Waals surface area (Å²) in [6.07, 6.45) is 3.46. The van der Waals surface area contributed by atoms with Crippen LogP contribution >= 0.6 is 0 Å². The van der Waals surface area contributed by atoms with E-state index in [2.05, 4.69) is 26.1 Å². The lowest BCUT2D eigenvalue weighted by atomic mass is 10.0. The van der Waals surface area contributed by atoms with E-state index in [1.807, 2.05) is 6.92 Å². The molecule has 1 aromatic carbocycles. The first-order valence-corrected chi connectivity index (χ1v) is 7.11. The largest absolute Gasteiger partial charge is 0.308 e. The summed E-state index contributed by atoms with van der Waals surface area (Å²) < 4.78 is 26.5. The van der Waals surface area contributed by atoms with E-state index in [0.29, 0.717) is 11.6 Å². The van der Waals surface area contributed by atoms with E-state index in [1.165, 1.54) is 25.0 Å². The normalized spacial score (nSPS) is 14.7. The van der Waals surface area contributed by atoms with Gasteiger partial charge in [-0.25, -0.2) is 8.78 Å². The van der Waals surface area contributed by atoms with Crippen molar-refractivity contribution in [3.05, 3.63) is 35.4 Å². The fourth-order valence-electron chi connectivity index (χ4n) is 2.28. The summed E-state index contributed by atoms with van der Waals surface area (Å²) in [5, 5.41) is 3.37. The van der Waals surface area contributed by atoms with Crippen LogP contribution in [0.5, 0.6) is 0 Å². The van der Waals surface area contributed by atoms with Crippen LogP contribution in [0.25, 0.3) is 0 Å². The molecule has 108 valence electrons. The Bertz CT molecular complexity index is 390. The van der Waals surface area contributed by atoms with Gasteiger partial charge in [-0.15, -0.1) is 0 Å². The van der Waals surface area contributed by atoms with Gasteiger partial charge in [0.25, 0.3) is 0 Å². The maximum absolute atomic E-state index is 13.6. The van der Waals surface area contributed by atoms with E-state index >= 15 is 0 Å². The Morgan fingerprint density at radius 3 is 2.32 bits per heavy atom. The summed E-state index contributed by atoms with van der Waals surface area (Å²) in [7, 11) is 0. The second-order valence-electron chi connectivity index (χ2n) is 5.78. The van der Waals surface area contributed by atoms with E-state index in [9.17, 15) is 8.78 Å². The first kappa shape index (κ1) is 16.1. The fourth-order valence-corrected chi connectivity index (χ4v) is 2.28. The highest BCUT2D eigenvalue weighted by molar-refractivity contribution is 5.21. The van der Waals surface area contributed by atoms with Gasteiger partial charge in [0.2, 0.25) is 0 Å². The SMILES string of the molecule is CC(C)CCCC(C)NC(C)c1ccc(F)cc1F. The van der Waals surface area contributed by atoms with Crippen LogP contribution in [0.2, 0.25) is 0 Å². The van der Waals surface area contributed by atoms with Crippen LogP contribution < -0.4 is 5.32 Å². The number of rotatable bonds is 7. The van der Waals surface area contributed by atoms with E-state index in [0.717, 1.165) is 18.4 Å². The van der Waals surface area contributed by atoms with E-state index in [1.54, 1.807) is 0 Å². The molecule has 19 heavy (non-hydrogen) atoms. The molecule has 0 aliphatic heterocycles. The fraction of sp³-hybridized carbons (Fsp3) is 0.625. The quantitative estimate of drug-likeness (QED) is 0.747. The molecule has 0 spiro atoms. The molecule has 1 nitrogen and oxygen atoms in total. The van der Waals surface area contributed by atoms with Gasteiger partial charge in [0.05, 0.1) is 0 Å². The molecular formula is C16H25F2N. The van der Waals surface area contributed by atoms with Gasteiger partial charge in [0.15, 0.2) is 0 Å². The molecule has 1 N–H and O–H groups in total. The van der Waals surface area contributed by atoms with Gasteiger partial charge in [0.1, 0.15) is 11.6 Å². The molecule has 0 saturated carbocycles. The van der Waals surface area contributed by atoms with Crippen LogP contribution in [-0.2, 0) is 0 Å². The molecule has 0 aromatic heterocycles. The molecule has 2 atom stereocenters. The van der Waals surface area contributed by atoms with Gasteiger partial charge in [0, 0.05) is 23.7 Å². The Labute approximate surface area is 115 Å². The van der Waals surface area contributed by atoms with Crippen LogP contribution in [0, 0.1) is 17.6 Å². The number of hydrogen-bond acceptors (Lipinski definition) is 1. The molecular weight excluding hydrogens is 244 g/mol. The predicted octanol–water partition coefficient (Wildman–Crippen LogP) is 4.83. The molecule has 0 fully saturated rings. The van der Waals surface area contributed by atoms with Crippen molar-refractivity contribution in [3.63, 3.8) is 0 Å². The minimum atomic E-state index is -0.529. The molecule has 0 aliphatic carbocycles. The van der Waals surface area contributed by atoms with Crippen molar-refractivity contribution in [2.24, 2.45) is 5.92 Å². The van der Waals surface area contributed by atoms with Crippen molar-refractivity contribution in [2.75, 3.05) is 0 Å². The lowest BCUT2D eigenvalue weighted by molar-refractivity contribution is 0.415.